The summed E-state index contributed by atoms with van der Waals surface area (Å²) >= 11 is 0. The van der Waals surface area contributed by atoms with Crippen LogP contribution < -0.4 is 0 Å². The van der Waals surface area contributed by atoms with Crippen LogP contribution in [0.15, 0.2) is 0 Å². The van der Waals surface area contributed by atoms with Gasteiger partial charge in [-0.25, -0.2) is 0 Å². The fourth-order valence-electron chi connectivity index (χ4n) is 1.41. The summed E-state index contributed by atoms with van der Waals surface area (Å²) in [6, 6.07) is 0. The minimum Gasteiger partial charge on any atom is -0.481 e. The first-order valence-corrected chi connectivity index (χ1v) is 5.02. The summed E-state index contributed by atoms with van der Waals surface area (Å²) in [6.45, 7) is 1.95. The molecular weight excluding hydrogens is 184 g/mol. The van der Waals surface area contributed by atoms with E-state index in [1.165, 1.54) is 0 Å². The SMILES string of the molecule is CCCC(CCCCC(=O)O)C(=O)O. The summed E-state index contributed by atoms with van der Waals surface area (Å²) < 4.78 is 0. The predicted molar refractivity (Wildman–Crippen MR) is 52.1 cm³/mol. The van der Waals surface area contributed by atoms with Crippen LogP contribution in [-0.4, -0.2) is 22.2 Å². The zero-order valence-electron chi connectivity index (χ0n) is 8.53. The molecule has 82 valence electrons. The lowest BCUT2D eigenvalue weighted by Crippen LogP contribution is -2.13. The Hall–Kier alpha value is -1.06. The molecule has 4 nitrogen and oxygen atoms in total. The Labute approximate surface area is 83.9 Å². The van der Waals surface area contributed by atoms with E-state index in [1.807, 2.05) is 6.92 Å². The van der Waals surface area contributed by atoms with Gasteiger partial charge in [0.1, 0.15) is 0 Å². The first-order valence-electron chi connectivity index (χ1n) is 5.02. The van der Waals surface area contributed by atoms with Gasteiger partial charge >= 0.3 is 11.9 Å². The summed E-state index contributed by atoms with van der Waals surface area (Å²) in [5, 5.41) is 17.2. The fourth-order valence-corrected chi connectivity index (χ4v) is 1.41. The van der Waals surface area contributed by atoms with E-state index < -0.39 is 11.9 Å². The molecular formula is C10H18O4. The lowest BCUT2D eigenvalue weighted by Gasteiger charge is -2.09. The Morgan fingerprint density at radius 3 is 2.21 bits per heavy atom. The number of aliphatic carboxylic acids is 2. The van der Waals surface area contributed by atoms with E-state index in [0.29, 0.717) is 25.7 Å². The zero-order chi connectivity index (χ0) is 11.0. The first kappa shape index (κ1) is 12.9. The molecule has 0 aliphatic carbocycles. The summed E-state index contributed by atoms with van der Waals surface area (Å²) in [5.41, 5.74) is 0. The molecule has 0 radical (unpaired) electrons. The van der Waals surface area contributed by atoms with Crippen molar-refractivity contribution >= 4 is 11.9 Å². The van der Waals surface area contributed by atoms with Crippen molar-refractivity contribution in [3.63, 3.8) is 0 Å². The lowest BCUT2D eigenvalue weighted by atomic mass is 9.97. The van der Waals surface area contributed by atoms with Gasteiger partial charge in [0.2, 0.25) is 0 Å². The average molecular weight is 202 g/mol. The minimum absolute atomic E-state index is 0.137. The highest BCUT2D eigenvalue weighted by Gasteiger charge is 2.15. The third-order valence-electron chi connectivity index (χ3n) is 2.18. The van der Waals surface area contributed by atoms with Crippen LogP contribution in [0.2, 0.25) is 0 Å². The highest BCUT2D eigenvalue weighted by Crippen LogP contribution is 2.15. The van der Waals surface area contributed by atoms with Gasteiger partial charge in [-0.2, -0.15) is 0 Å². The van der Waals surface area contributed by atoms with Crippen LogP contribution in [0, 0.1) is 5.92 Å². The van der Waals surface area contributed by atoms with E-state index in [1.54, 1.807) is 0 Å². The van der Waals surface area contributed by atoms with Crippen molar-refractivity contribution in [2.24, 2.45) is 5.92 Å². The molecule has 0 aromatic carbocycles. The zero-order valence-corrected chi connectivity index (χ0v) is 8.53. The predicted octanol–water partition coefficient (Wildman–Crippen LogP) is 2.13. The molecule has 0 rings (SSSR count). The van der Waals surface area contributed by atoms with Gasteiger partial charge in [-0.3, -0.25) is 9.59 Å². The highest BCUT2D eigenvalue weighted by molar-refractivity contribution is 5.69. The van der Waals surface area contributed by atoms with E-state index in [2.05, 4.69) is 0 Å². The third kappa shape index (κ3) is 6.46. The Morgan fingerprint density at radius 2 is 1.79 bits per heavy atom. The molecule has 2 N–H and O–H groups in total. The van der Waals surface area contributed by atoms with Gasteiger partial charge in [0.15, 0.2) is 0 Å². The van der Waals surface area contributed by atoms with Crippen LogP contribution in [0.5, 0.6) is 0 Å². The Morgan fingerprint density at radius 1 is 1.14 bits per heavy atom. The molecule has 0 aliphatic rings. The van der Waals surface area contributed by atoms with E-state index in [0.717, 1.165) is 6.42 Å². The molecule has 0 aromatic rings. The quantitative estimate of drug-likeness (QED) is 0.591. The second kappa shape index (κ2) is 7.35. The number of rotatable bonds is 8. The molecule has 0 saturated heterocycles. The van der Waals surface area contributed by atoms with E-state index in [4.69, 9.17) is 10.2 Å². The second-order valence-electron chi connectivity index (χ2n) is 3.46. The summed E-state index contributed by atoms with van der Waals surface area (Å²) in [5.74, 6) is -1.87. The number of carboxylic acids is 2. The minimum atomic E-state index is -0.813. The van der Waals surface area contributed by atoms with Crippen molar-refractivity contribution in [1.82, 2.24) is 0 Å². The topological polar surface area (TPSA) is 74.6 Å². The standard InChI is InChI=1S/C10H18O4/c1-2-5-8(10(13)14)6-3-4-7-9(11)12/h8H,2-7H2,1H3,(H,11,12)(H,13,14). The Balaban J connectivity index is 3.61. The molecule has 14 heavy (non-hydrogen) atoms. The van der Waals surface area contributed by atoms with Gasteiger partial charge in [0.05, 0.1) is 5.92 Å². The van der Waals surface area contributed by atoms with Crippen molar-refractivity contribution in [1.29, 1.82) is 0 Å². The lowest BCUT2D eigenvalue weighted by molar-refractivity contribution is -0.142. The van der Waals surface area contributed by atoms with Crippen LogP contribution in [0.3, 0.4) is 0 Å². The summed E-state index contributed by atoms with van der Waals surface area (Å²) in [6.07, 6.45) is 3.53. The maximum atomic E-state index is 10.7. The molecule has 0 heterocycles. The molecule has 0 amide bonds. The van der Waals surface area contributed by atoms with Gasteiger partial charge in [0.25, 0.3) is 0 Å². The van der Waals surface area contributed by atoms with Crippen LogP contribution >= 0.6 is 0 Å². The average Bonchev–Trinajstić information content (AvgIpc) is 2.09. The van der Waals surface area contributed by atoms with Crippen LogP contribution in [0.25, 0.3) is 0 Å². The first-order chi connectivity index (χ1) is 6.57. The largest absolute Gasteiger partial charge is 0.481 e. The van der Waals surface area contributed by atoms with Gasteiger partial charge in [-0.1, -0.05) is 19.8 Å². The van der Waals surface area contributed by atoms with Crippen molar-refractivity contribution in [3.8, 4) is 0 Å². The molecule has 1 atom stereocenters. The molecule has 0 aliphatic heterocycles. The highest BCUT2D eigenvalue weighted by atomic mass is 16.4. The normalized spacial score (nSPS) is 12.4. The van der Waals surface area contributed by atoms with Crippen molar-refractivity contribution in [3.05, 3.63) is 0 Å². The Bertz CT molecular complexity index is 189. The molecule has 0 aromatic heterocycles. The van der Waals surface area contributed by atoms with Gasteiger partial charge in [-0.05, 0) is 19.3 Å². The summed E-state index contributed by atoms with van der Waals surface area (Å²) in [7, 11) is 0. The third-order valence-corrected chi connectivity index (χ3v) is 2.18. The Kier molecular flexibility index (Phi) is 6.80. The molecule has 0 fully saturated rings. The number of unbranched alkanes of at least 4 members (excludes halogenated alkanes) is 1. The van der Waals surface area contributed by atoms with Gasteiger partial charge in [-0.15, -0.1) is 0 Å². The van der Waals surface area contributed by atoms with Crippen LogP contribution in [0.1, 0.15) is 45.4 Å². The van der Waals surface area contributed by atoms with Crippen molar-refractivity contribution < 1.29 is 19.8 Å². The van der Waals surface area contributed by atoms with E-state index in [-0.39, 0.29) is 12.3 Å². The fraction of sp³-hybridized carbons (Fsp3) is 0.800. The maximum absolute atomic E-state index is 10.7. The second-order valence-corrected chi connectivity index (χ2v) is 3.46. The van der Waals surface area contributed by atoms with Gasteiger partial charge < -0.3 is 10.2 Å². The van der Waals surface area contributed by atoms with Crippen molar-refractivity contribution in [2.45, 2.75) is 45.4 Å². The number of carbonyl (C=O) groups is 2. The van der Waals surface area contributed by atoms with Crippen LogP contribution in [-0.2, 0) is 9.59 Å². The molecule has 0 spiro atoms. The monoisotopic (exact) mass is 202 g/mol. The van der Waals surface area contributed by atoms with E-state index >= 15 is 0 Å². The van der Waals surface area contributed by atoms with Crippen molar-refractivity contribution in [2.75, 3.05) is 0 Å². The molecule has 0 saturated carbocycles. The van der Waals surface area contributed by atoms with Gasteiger partial charge in [0, 0.05) is 6.42 Å². The number of hydrogen-bond acceptors (Lipinski definition) is 2. The summed E-state index contributed by atoms with van der Waals surface area (Å²) in [4.78, 5) is 20.9. The molecule has 4 heteroatoms. The number of hydrogen-bond donors (Lipinski definition) is 2. The molecule has 0 bridgehead atoms. The van der Waals surface area contributed by atoms with Crippen LogP contribution in [0.4, 0.5) is 0 Å². The maximum Gasteiger partial charge on any atom is 0.306 e. The number of carboxylic acid groups (broad SMARTS) is 2. The smallest absolute Gasteiger partial charge is 0.306 e. The van der Waals surface area contributed by atoms with E-state index in [9.17, 15) is 9.59 Å². The molecule has 1 unspecified atom stereocenters.